The van der Waals surface area contributed by atoms with Gasteiger partial charge in [-0.1, -0.05) is 6.92 Å². The van der Waals surface area contributed by atoms with Crippen LogP contribution in [0.15, 0.2) is 4.99 Å². The maximum Gasteiger partial charge on any atom is 0.191 e. The monoisotopic (exact) mass is 468 g/mol. The number of nitrogens with zero attached hydrogens (tertiary/aromatic N) is 2. The van der Waals surface area contributed by atoms with E-state index >= 15 is 0 Å². The fourth-order valence-corrected chi connectivity index (χ4v) is 3.40. The molecule has 0 radical (unpaired) electrons. The van der Waals surface area contributed by atoms with Crippen LogP contribution in [0.1, 0.15) is 39.5 Å². The lowest BCUT2D eigenvalue weighted by Crippen LogP contribution is -2.39. The van der Waals surface area contributed by atoms with Gasteiger partial charge in [0.15, 0.2) is 5.96 Å². The number of halogens is 1. The molecule has 0 saturated carbocycles. The summed E-state index contributed by atoms with van der Waals surface area (Å²) in [5.41, 5.74) is 0. The van der Waals surface area contributed by atoms with Gasteiger partial charge in [0, 0.05) is 38.3 Å². The summed E-state index contributed by atoms with van der Waals surface area (Å²) in [5.74, 6) is 1.54. The minimum absolute atomic E-state index is 0. The molecule has 0 aromatic heterocycles. The Morgan fingerprint density at radius 3 is 2.88 bits per heavy atom. The molecule has 0 spiro atoms. The third-order valence-electron chi connectivity index (χ3n) is 4.85. The summed E-state index contributed by atoms with van der Waals surface area (Å²) in [6, 6.07) is 0.613. The van der Waals surface area contributed by atoms with Crippen molar-refractivity contribution >= 4 is 29.9 Å². The highest BCUT2D eigenvalue weighted by molar-refractivity contribution is 14.0. The largest absolute Gasteiger partial charge is 0.381 e. The maximum atomic E-state index is 5.74. The molecule has 0 aliphatic carbocycles. The number of likely N-dealkylation sites (tertiary alicyclic amines) is 1. The molecule has 2 unspecified atom stereocenters. The number of likely N-dealkylation sites (N-methyl/N-ethyl adjacent to an activating group) is 1. The summed E-state index contributed by atoms with van der Waals surface area (Å²) in [6.45, 7) is 12.8. The van der Waals surface area contributed by atoms with Crippen molar-refractivity contribution < 1.29 is 9.47 Å². The molecule has 0 aromatic rings. The van der Waals surface area contributed by atoms with E-state index in [1.54, 1.807) is 0 Å². The van der Waals surface area contributed by atoms with Crippen molar-refractivity contribution in [2.45, 2.75) is 45.6 Å². The molecule has 2 rings (SSSR count). The zero-order valence-electron chi connectivity index (χ0n) is 16.0. The second-order valence-electron chi connectivity index (χ2n) is 6.73. The van der Waals surface area contributed by atoms with E-state index in [1.165, 1.54) is 19.4 Å². The standard InChI is InChI=1S/C18H36N4O2.HI/c1-3-19-18(21-13-17-7-5-10-22(17)4-2)20-9-6-11-23-14-16-8-12-24-15-16;/h16-17H,3-15H2,1-2H3,(H2,19,20,21);1H. The summed E-state index contributed by atoms with van der Waals surface area (Å²) in [7, 11) is 0. The number of aliphatic imine (C=N–C) groups is 1. The highest BCUT2D eigenvalue weighted by Gasteiger charge is 2.22. The van der Waals surface area contributed by atoms with Gasteiger partial charge in [-0.15, -0.1) is 24.0 Å². The highest BCUT2D eigenvalue weighted by atomic mass is 127. The molecule has 6 nitrogen and oxygen atoms in total. The molecular weight excluding hydrogens is 431 g/mol. The SMILES string of the molecule is CCNC(=NCC1CCCN1CC)NCCCOCC1CCOC1.I. The molecule has 0 aromatic carbocycles. The molecule has 25 heavy (non-hydrogen) atoms. The van der Waals surface area contributed by atoms with Gasteiger partial charge in [-0.05, 0) is 45.7 Å². The molecule has 2 aliphatic rings. The Bertz CT molecular complexity index is 365. The predicted molar refractivity (Wildman–Crippen MR) is 114 cm³/mol. The summed E-state index contributed by atoms with van der Waals surface area (Å²) in [4.78, 5) is 7.31. The van der Waals surface area contributed by atoms with Gasteiger partial charge in [0.1, 0.15) is 0 Å². The first kappa shape index (κ1) is 22.9. The molecule has 2 N–H and O–H groups in total. The van der Waals surface area contributed by atoms with Crippen LogP contribution in [0.3, 0.4) is 0 Å². The van der Waals surface area contributed by atoms with Crippen molar-refractivity contribution in [2.24, 2.45) is 10.9 Å². The normalized spacial score (nSPS) is 24.3. The Morgan fingerprint density at radius 1 is 1.28 bits per heavy atom. The fraction of sp³-hybridized carbons (Fsp3) is 0.944. The van der Waals surface area contributed by atoms with E-state index < -0.39 is 0 Å². The molecule has 2 fully saturated rings. The van der Waals surface area contributed by atoms with Gasteiger partial charge in [-0.2, -0.15) is 0 Å². The third-order valence-corrected chi connectivity index (χ3v) is 4.85. The second kappa shape index (κ2) is 14.0. The van der Waals surface area contributed by atoms with E-state index in [0.29, 0.717) is 12.0 Å². The van der Waals surface area contributed by atoms with Crippen LogP contribution < -0.4 is 10.6 Å². The quantitative estimate of drug-likeness (QED) is 0.223. The first-order valence-corrected chi connectivity index (χ1v) is 9.75. The topological polar surface area (TPSA) is 58.1 Å². The molecular formula is C18H37IN4O2. The van der Waals surface area contributed by atoms with Crippen LogP contribution in [0.25, 0.3) is 0 Å². The summed E-state index contributed by atoms with van der Waals surface area (Å²) in [5, 5.41) is 6.76. The van der Waals surface area contributed by atoms with Crippen LogP contribution in [0.2, 0.25) is 0 Å². The minimum atomic E-state index is 0. The predicted octanol–water partition coefficient (Wildman–Crippen LogP) is 2.09. The van der Waals surface area contributed by atoms with E-state index in [2.05, 4.69) is 29.4 Å². The first-order valence-electron chi connectivity index (χ1n) is 9.75. The average Bonchev–Trinajstić information content (AvgIpc) is 3.26. The van der Waals surface area contributed by atoms with Crippen LogP contribution in [-0.4, -0.2) is 76.1 Å². The molecule has 0 bridgehead atoms. The Morgan fingerprint density at radius 2 is 2.16 bits per heavy atom. The molecule has 0 amide bonds. The summed E-state index contributed by atoms with van der Waals surface area (Å²) in [6.07, 6.45) is 4.73. The lowest BCUT2D eigenvalue weighted by Gasteiger charge is -2.21. The third kappa shape index (κ3) is 8.88. The van der Waals surface area contributed by atoms with Crippen molar-refractivity contribution in [1.29, 1.82) is 0 Å². The van der Waals surface area contributed by atoms with Crippen LogP contribution in [-0.2, 0) is 9.47 Å². The Hall–Kier alpha value is -0.120. The van der Waals surface area contributed by atoms with E-state index in [9.17, 15) is 0 Å². The number of rotatable bonds is 10. The number of nitrogens with one attached hydrogen (secondary N) is 2. The van der Waals surface area contributed by atoms with Gasteiger partial charge in [0.2, 0.25) is 0 Å². The Balaban J connectivity index is 0.00000312. The van der Waals surface area contributed by atoms with Gasteiger partial charge >= 0.3 is 0 Å². The lowest BCUT2D eigenvalue weighted by molar-refractivity contribution is 0.0888. The summed E-state index contributed by atoms with van der Waals surface area (Å²) < 4.78 is 11.1. The Labute approximate surface area is 170 Å². The molecule has 2 heterocycles. The number of guanidine groups is 1. The number of hydrogen-bond donors (Lipinski definition) is 2. The Kier molecular flexibility index (Phi) is 12.8. The van der Waals surface area contributed by atoms with E-state index in [-0.39, 0.29) is 24.0 Å². The van der Waals surface area contributed by atoms with Crippen LogP contribution in [0.4, 0.5) is 0 Å². The van der Waals surface area contributed by atoms with Gasteiger partial charge < -0.3 is 20.1 Å². The van der Waals surface area contributed by atoms with Crippen molar-refractivity contribution in [1.82, 2.24) is 15.5 Å². The number of hydrogen-bond acceptors (Lipinski definition) is 4. The van der Waals surface area contributed by atoms with Crippen molar-refractivity contribution in [2.75, 3.05) is 59.2 Å². The van der Waals surface area contributed by atoms with Gasteiger partial charge in [0.05, 0.1) is 19.8 Å². The molecule has 148 valence electrons. The van der Waals surface area contributed by atoms with Gasteiger partial charge in [0.25, 0.3) is 0 Å². The minimum Gasteiger partial charge on any atom is -0.381 e. The van der Waals surface area contributed by atoms with Gasteiger partial charge in [-0.25, -0.2) is 0 Å². The zero-order valence-corrected chi connectivity index (χ0v) is 18.3. The lowest BCUT2D eigenvalue weighted by atomic mass is 10.1. The molecule has 2 aliphatic heterocycles. The fourth-order valence-electron chi connectivity index (χ4n) is 3.40. The van der Waals surface area contributed by atoms with Crippen LogP contribution in [0, 0.1) is 5.92 Å². The smallest absolute Gasteiger partial charge is 0.191 e. The first-order chi connectivity index (χ1) is 11.8. The van der Waals surface area contributed by atoms with Gasteiger partial charge in [-0.3, -0.25) is 9.89 Å². The van der Waals surface area contributed by atoms with Crippen molar-refractivity contribution in [3.05, 3.63) is 0 Å². The van der Waals surface area contributed by atoms with Crippen molar-refractivity contribution in [3.8, 4) is 0 Å². The molecule has 2 atom stereocenters. The van der Waals surface area contributed by atoms with Crippen molar-refractivity contribution in [3.63, 3.8) is 0 Å². The van der Waals surface area contributed by atoms with E-state index in [1.807, 2.05) is 0 Å². The maximum absolute atomic E-state index is 5.74. The van der Waals surface area contributed by atoms with Crippen LogP contribution in [0.5, 0.6) is 0 Å². The number of ether oxygens (including phenoxy) is 2. The van der Waals surface area contributed by atoms with E-state index in [4.69, 9.17) is 14.5 Å². The summed E-state index contributed by atoms with van der Waals surface area (Å²) >= 11 is 0. The highest BCUT2D eigenvalue weighted by Crippen LogP contribution is 2.16. The molecule has 2 saturated heterocycles. The average molecular weight is 468 g/mol. The van der Waals surface area contributed by atoms with Crippen LogP contribution >= 0.6 is 24.0 Å². The second-order valence-corrected chi connectivity index (χ2v) is 6.73. The van der Waals surface area contributed by atoms with E-state index in [0.717, 1.165) is 71.4 Å². The molecule has 7 heteroatoms. The zero-order chi connectivity index (χ0) is 17.0.